The summed E-state index contributed by atoms with van der Waals surface area (Å²) in [6.07, 6.45) is 4.15. The smallest absolute Gasteiger partial charge is 0.241 e. The molecule has 0 aromatic heterocycles. The van der Waals surface area contributed by atoms with E-state index in [1.165, 1.54) is 0 Å². The van der Waals surface area contributed by atoms with Crippen LogP contribution in [0.4, 0.5) is 0 Å². The number of carbonyl (C=O) groups is 1. The minimum atomic E-state index is 0.0222. The Balaban J connectivity index is 2.45. The molecule has 112 valence electrons. The van der Waals surface area contributed by atoms with E-state index in [9.17, 15) is 4.79 Å². The third-order valence-electron chi connectivity index (χ3n) is 3.53. The lowest BCUT2D eigenvalue weighted by atomic mass is 10.1. The highest BCUT2D eigenvalue weighted by atomic mass is 16.5. The Morgan fingerprint density at radius 3 is 2.58 bits per heavy atom. The molecule has 0 aromatic carbocycles. The van der Waals surface area contributed by atoms with Crippen molar-refractivity contribution in [3.05, 3.63) is 0 Å². The van der Waals surface area contributed by atoms with E-state index in [0.29, 0.717) is 5.92 Å². The molecule has 2 atom stereocenters. The fourth-order valence-electron chi connectivity index (χ4n) is 2.59. The highest BCUT2D eigenvalue weighted by Crippen LogP contribution is 2.20. The van der Waals surface area contributed by atoms with Crippen molar-refractivity contribution in [1.29, 1.82) is 0 Å². The summed E-state index contributed by atoms with van der Waals surface area (Å²) in [5, 5.41) is 3.48. The molecule has 19 heavy (non-hydrogen) atoms. The fourth-order valence-corrected chi connectivity index (χ4v) is 2.59. The maximum absolute atomic E-state index is 12.4. The fraction of sp³-hybridized carbons (Fsp3) is 0.933. The van der Waals surface area contributed by atoms with Gasteiger partial charge in [0.05, 0.1) is 12.2 Å². The van der Waals surface area contributed by atoms with Gasteiger partial charge >= 0.3 is 0 Å². The van der Waals surface area contributed by atoms with Crippen LogP contribution >= 0.6 is 0 Å². The molecule has 0 saturated carbocycles. The van der Waals surface area contributed by atoms with Gasteiger partial charge < -0.3 is 9.64 Å². The van der Waals surface area contributed by atoms with Gasteiger partial charge in [0.2, 0.25) is 5.91 Å². The van der Waals surface area contributed by atoms with Crippen molar-refractivity contribution >= 4 is 5.91 Å². The Bertz CT molecular complexity index is 269. The summed E-state index contributed by atoms with van der Waals surface area (Å²) < 4.78 is 5.49. The highest BCUT2D eigenvalue weighted by Gasteiger charge is 2.38. The first kappa shape index (κ1) is 16.4. The summed E-state index contributed by atoms with van der Waals surface area (Å²) in [4.78, 5) is 14.4. The molecule has 0 aliphatic carbocycles. The summed E-state index contributed by atoms with van der Waals surface area (Å²) in [5.41, 5.74) is 0. The Kier molecular flexibility index (Phi) is 7.39. The lowest BCUT2D eigenvalue weighted by Gasteiger charge is -2.27. The molecule has 1 heterocycles. The number of nitrogens with zero attached hydrogens (tertiary/aromatic N) is 1. The Labute approximate surface area is 117 Å². The number of carbonyl (C=O) groups excluding carboxylic acids is 1. The maximum atomic E-state index is 12.4. The van der Waals surface area contributed by atoms with Crippen LogP contribution in [0.15, 0.2) is 0 Å². The lowest BCUT2D eigenvalue weighted by Crippen LogP contribution is -2.42. The van der Waals surface area contributed by atoms with Crippen molar-refractivity contribution in [2.24, 2.45) is 5.92 Å². The van der Waals surface area contributed by atoms with Crippen LogP contribution in [0.1, 0.15) is 53.4 Å². The van der Waals surface area contributed by atoms with Crippen molar-refractivity contribution in [1.82, 2.24) is 10.2 Å². The number of nitrogens with one attached hydrogen (secondary N) is 1. The third kappa shape index (κ3) is 4.77. The number of ether oxygens (including phenoxy) is 1. The lowest BCUT2D eigenvalue weighted by molar-refractivity contribution is -0.130. The first-order chi connectivity index (χ1) is 9.11. The van der Waals surface area contributed by atoms with Crippen LogP contribution in [0, 0.1) is 5.92 Å². The minimum Gasteiger partial charge on any atom is -0.381 e. The second-order valence-corrected chi connectivity index (χ2v) is 5.69. The molecule has 0 radical (unpaired) electrons. The quantitative estimate of drug-likeness (QED) is 0.654. The second-order valence-electron chi connectivity index (χ2n) is 5.69. The zero-order valence-electron chi connectivity index (χ0n) is 12.9. The van der Waals surface area contributed by atoms with Crippen molar-refractivity contribution in [2.75, 3.05) is 19.8 Å². The molecular formula is C15H30N2O2. The summed E-state index contributed by atoms with van der Waals surface area (Å²) >= 11 is 0. The number of amides is 1. The van der Waals surface area contributed by atoms with Gasteiger partial charge in [-0.1, -0.05) is 34.1 Å². The zero-order valence-corrected chi connectivity index (χ0v) is 12.9. The van der Waals surface area contributed by atoms with E-state index in [1.54, 1.807) is 0 Å². The minimum absolute atomic E-state index is 0.0222. The van der Waals surface area contributed by atoms with Gasteiger partial charge in [-0.2, -0.15) is 0 Å². The highest BCUT2D eigenvalue weighted by molar-refractivity contribution is 5.84. The van der Waals surface area contributed by atoms with E-state index in [2.05, 4.69) is 33.0 Å². The Morgan fingerprint density at radius 1 is 1.26 bits per heavy atom. The second kappa shape index (κ2) is 8.54. The van der Waals surface area contributed by atoms with E-state index in [-0.39, 0.29) is 18.1 Å². The van der Waals surface area contributed by atoms with Gasteiger partial charge in [-0.3, -0.25) is 10.1 Å². The molecule has 0 bridgehead atoms. The molecule has 1 N–H and O–H groups in total. The van der Waals surface area contributed by atoms with Crippen LogP contribution in [-0.2, 0) is 9.53 Å². The molecule has 4 nitrogen and oxygen atoms in total. The van der Waals surface area contributed by atoms with Gasteiger partial charge in [-0.15, -0.1) is 0 Å². The van der Waals surface area contributed by atoms with E-state index in [4.69, 9.17) is 4.74 Å². The summed E-state index contributed by atoms with van der Waals surface area (Å²) in [7, 11) is 0. The average molecular weight is 270 g/mol. The molecule has 2 unspecified atom stereocenters. The summed E-state index contributed by atoms with van der Waals surface area (Å²) in [6, 6.07) is 0.0222. The topological polar surface area (TPSA) is 41.6 Å². The SMILES string of the molecule is CCCOCCCN1C(=O)C(CCC)NC1C(C)C. The van der Waals surface area contributed by atoms with Gasteiger partial charge in [0.1, 0.15) is 0 Å². The molecule has 1 aliphatic rings. The van der Waals surface area contributed by atoms with Gasteiger partial charge in [0, 0.05) is 19.8 Å². The van der Waals surface area contributed by atoms with E-state index in [1.807, 2.05) is 4.90 Å². The first-order valence-corrected chi connectivity index (χ1v) is 7.76. The van der Waals surface area contributed by atoms with Crippen LogP contribution in [-0.4, -0.2) is 42.8 Å². The molecule has 1 amide bonds. The molecule has 1 rings (SSSR count). The van der Waals surface area contributed by atoms with Crippen molar-refractivity contribution in [3.8, 4) is 0 Å². The summed E-state index contributed by atoms with van der Waals surface area (Å²) in [6.45, 7) is 10.9. The monoisotopic (exact) mass is 270 g/mol. The van der Waals surface area contributed by atoms with E-state index >= 15 is 0 Å². The molecule has 1 fully saturated rings. The van der Waals surface area contributed by atoms with Gasteiger partial charge in [0.25, 0.3) is 0 Å². The van der Waals surface area contributed by atoms with E-state index in [0.717, 1.165) is 45.4 Å². The van der Waals surface area contributed by atoms with Gasteiger partial charge in [-0.05, 0) is 25.2 Å². The average Bonchev–Trinajstić information content (AvgIpc) is 2.68. The molecule has 0 aromatic rings. The number of hydrogen-bond donors (Lipinski definition) is 1. The van der Waals surface area contributed by atoms with Crippen LogP contribution in [0.5, 0.6) is 0 Å². The molecule has 0 spiro atoms. The third-order valence-corrected chi connectivity index (χ3v) is 3.53. The largest absolute Gasteiger partial charge is 0.381 e. The Hall–Kier alpha value is -0.610. The zero-order chi connectivity index (χ0) is 14.3. The standard InChI is InChI=1S/C15H30N2O2/c1-5-8-13-15(18)17(14(16-13)12(3)4)9-7-11-19-10-6-2/h12-14,16H,5-11H2,1-4H3. The van der Waals surface area contributed by atoms with Crippen LogP contribution in [0.3, 0.4) is 0 Å². The molecule has 1 saturated heterocycles. The van der Waals surface area contributed by atoms with Crippen molar-refractivity contribution < 1.29 is 9.53 Å². The number of rotatable bonds is 9. The summed E-state index contributed by atoms with van der Waals surface area (Å²) in [5.74, 6) is 0.721. The van der Waals surface area contributed by atoms with E-state index < -0.39 is 0 Å². The van der Waals surface area contributed by atoms with Crippen molar-refractivity contribution in [3.63, 3.8) is 0 Å². The maximum Gasteiger partial charge on any atom is 0.241 e. The number of hydrogen-bond acceptors (Lipinski definition) is 3. The van der Waals surface area contributed by atoms with Gasteiger partial charge in [0.15, 0.2) is 0 Å². The van der Waals surface area contributed by atoms with Crippen LogP contribution in [0.25, 0.3) is 0 Å². The normalized spacial score (nSPS) is 23.6. The van der Waals surface area contributed by atoms with Crippen LogP contribution < -0.4 is 5.32 Å². The predicted molar refractivity (Wildman–Crippen MR) is 77.9 cm³/mol. The molecular weight excluding hydrogens is 240 g/mol. The predicted octanol–water partition coefficient (Wildman–Crippen LogP) is 2.39. The van der Waals surface area contributed by atoms with Crippen LogP contribution in [0.2, 0.25) is 0 Å². The molecule has 1 aliphatic heterocycles. The first-order valence-electron chi connectivity index (χ1n) is 7.76. The Morgan fingerprint density at radius 2 is 2.00 bits per heavy atom. The molecule has 4 heteroatoms. The van der Waals surface area contributed by atoms with Crippen molar-refractivity contribution in [2.45, 2.75) is 65.6 Å². The van der Waals surface area contributed by atoms with Gasteiger partial charge in [-0.25, -0.2) is 0 Å².